The molecule has 0 fully saturated rings. The van der Waals surface area contributed by atoms with Crippen LogP contribution in [0, 0.1) is 11.3 Å². The Balaban J connectivity index is 2.83. The fourth-order valence-corrected chi connectivity index (χ4v) is 2.98. The van der Waals surface area contributed by atoms with E-state index < -0.39 is 0 Å². The van der Waals surface area contributed by atoms with Gasteiger partial charge in [-0.1, -0.05) is 24.8 Å². The number of aromatic amines is 1. The van der Waals surface area contributed by atoms with Crippen LogP contribution in [-0.2, 0) is 26.4 Å². The number of rotatable bonds is 7. The van der Waals surface area contributed by atoms with Crippen LogP contribution >= 0.6 is 0 Å². The highest BCUT2D eigenvalue weighted by molar-refractivity contribution is 5.83. The first-order valence-corrected chi connectivity index (χ1v) is 7.55. The fraction of sp³-hybridized carbons (Fsp3) is 0.278. The molecule has 0 radical (unpaired) electrons. The summed E-state index contributed by atoms with van der Waals surface area (Å²) in [4.78, 5) is 3.08. The second-order valence-electron chi connectivity index (χ2n) is 5.32. The van der Waals surface area contributed by atoms with Gasteiger partial charge in [0.25, 0.3) is 0 Å². The molecule has 6 heteroatoms. The summed E-state index contributed by atoms with van der Waals surface area (Å²) < 4.78 is 0. The normalized spacial score (nSPS) is 10.6. The maximum atomic E-state index is 9.85. The molecule has 0 aliphatic carbocycles. The zero-order valence-electron chi connectivity index (χ0n) is 13.6. The molecule has 24 heavy (non-hydrogen) atoms. The molecule has 5 N–H and O–H groups in total. The van der Waals surface area contributed by atoms with Crippen molar-refractivity contribution in [2.45, 2.75) is 26.4 Å². The number of hydrogen-bond acceptors (Lipinski definition) is 5. The lowest BCUT2D eigenvalue weighted by Gasteiger charge is -2.16. The number of aliphatic hydroxyl groups is 3. The van der Waals surface area contributed by atoms with Gasteiger partial charge in [-0.05, 0) is 29.3 Å². The molecule has 0 saturated carbocycles. The van der Waals surface area contributed by atoms with Gasteiger partial charge in [0.15, 0.2) is 0 Å². The highest BCUT2D eigenvalue weighted by Crippen LogP contribution is 2.36. The zero-order chi connectivity index (χ0) is 17.7. The van der Waals surface area contributed by atoms with Crippen LogP contribution in [0.25, 0.3) is 17.2 Å². The van der Waals surface area contributed by atoms with E-state index in [0.717, 1.165) is 11.3 Å². The van der Waals surface area contributed by atoms with Gasteiger partial charge in [0.2, 0.25) is 0 Å². The first kappa shape index (κ1) is 17.9. The van der Waals surface area contributed by atoms with Crippen molar-refractivity contribution >= 4 is 6.08 Å². The minimum Gasteiger partial charge on any atom is -0.392 e. The average molecular weight is 327 g/mol. The molecular weight excluding hydrogens is 306 g/mol. The highest BCUT2D eigenvalue weighted by atomic mass is 16.3. The van der Waals surface area contributed by atoms with Gasteiger partial charge in [0, 0.05) is 23.4 Å². The van der Waals surface area contributed by atoms with E-state index in [1.54, 1.807) is 25.3 Å². The van der Waals surface area contributed by atoms with Crippen LogP contribution in [0.4, 0.5) is 0 Å². The molecule has 0 aliphatic heterocycles. The van der Waals surface area contributed by atoms with Crippen molar-refractivity contribution in [1.82, 2.24) is 10.3 Å². The van der Waals surface area contributed by atoms with Crippen molar-refractivity contribution in [3.05, 3.63) is 52.4 Å². The molecular formula is C18H21N3O3. The average Bonchev–Trinajstić information content (AvgIpc) is 2.97. The molecule has 0 amide bonds. The third-order valence-electron chi connectivity index (χ3n) is 4.07. The molecule has 1 heterocycles. The highest BCUT2D eigenvalue weighted by Gasteiger charge is 2.21. The first-order chi connectivity index (χ1) is 11.7. The predicted octanol–water partition coefficient (Wildman–Crippen LogP) is 1.39. The molecule has 2 aromatic rings. The summed E-state index contributed by atoms with van der Waals surface area (Å²) in [6.45, 7) is 3.48. The summed E-state index contributed by atoms with van der Waals surface area (Å²) in [6, 6.07) is 5.62. The van der Waals surface area contributed by atoms with E-state index in [1.807, 2.05) is 0 Å². The van der Waals surface area contributed by atoms with Crippen molar-refractivity contribution in [2.24, 2.45) is 0 Å². The Labute approximate surface area is 140 Å². The van der Waals surface area contributed by atoms with E-state index in [1.165, 1.54) is 0 Å². The molecule has 0 bridgehead atoms. The van der Waals surface area contributed by atoms with Crippen LogP contribution in [-0.4, -0.2) is 27.4 Å². The van der Waals surface area contributed by atoms with Crippen LogP contribution in [0.1, 0.15) is 33.6 Å². The SMILES string of the molecule is C=Cc1c(C#N)[nH]c(CNC)c1-c1ccc(CO)c(CO)c1CO. The number of hydrogen-bond donors (Lipinski definition) is 5. The van der Waals surface area contributed by atoms with E-state index in [9.17, 15) is 20.6 Å². The van der Waals surface area contributed by atoms with Crippen molar-refractivity contribution in [3.8, 4) is 17.2 Å². The number of aliphatic hydroxyl groups excluding tert-OH is 3. The van der Waals surface area contributed by atoms with E-state index >= 15 is 0 Å². The Morgan fingerprint density at radius 3 is 2.42 bits per heavy atom. The van der Waals surface area contributed by atoms with Gasteiger partial charge in [0.1, 0.15) is 11.8 Å². The van der Waals surface area contributed by atoms with Gasteiger partial charge in [-0.15, -0.1) is 0 Å². The van der Waals surface area contributed by atoms with Crippen LogP contribution in [0.3, 0.4) is 0 Å². The van der Waals surface area contributed by atoms with Crippen LogP contribution in [0.15, 0.2) is 18.7 Å². The minimum atomic E-state index is -0.292. The Morgan fingerprint density at radius 2 is 1.92 bits per heavy atom. The molecule has 0 aliphatic rings. The number of benzene rings is 1. The number of nitrogens with one attached hydrogen (secondary N) is 2. The molecule has 6 nitrogen and oxygen atoms in total. The van der Waals surface area contributed by atoms with Gasteiger partial charge >= 0.3 is 0 Å². The first-order valence-electron chi connectivity index (χ1n) is 7.55. The lowest BCUT2D eigenvalue weighted by Crippen LogP contribution is -2.08. The lowest BCUT2D eigenvalue weighted by atomic mass is 9.90. The van der Waals surface area contributed by atoms with Gasteiger partial charge in [-0.3, -0.25) is 0 Å². The van der Waals surface area contributed by atoms with E-state index in [4.69, 9.17) is 0 Å². The number of nitriles is 1. The smallest absolute Gasteiger partial charge is 0.125 e. The van der Waals surface area contributed by atoms with Gasteiger partial charge in [-0.2, -0.15) is 5.26 Å². The lowest BCUT2D eigenvalue weighted by molar-refractivity contribution is 0.248. The predicted molar refractivity (Wildman–Crippen MR) is 91.6 cm³/mol. The Bertz CT molecular complexity index is 788. The third-order valence-corrected chi connectivity index (χ3v) is 4.07. The van der Waals surface area contributed by atoms with Gasteiger partial charge in [0.05, 0.1) is 19.8 Å². The summed E-state index contributed by atoms with van der Waals surface area (Å²) in [7, 11) is 1.80. The molecule has 0 spiro atoms. The van der Waals surface area contributed by atoms with Crippen molar-refractivity contribution in [2.75, 3.05) is 7.05 Å². The van der Waals surface area contributed by atoms with Gasteiger partial charge < -0.3 is 25.6 Å². The largest absolute Gasteiger partial charge is 0.392 e. The molecule has 126 valence electrons. The standard InChI is InChI=1S/C18H21N3O3/c1-3-12-16(6-19)21-17(7-20-2)18(12)13-5-4-11(8-22)14(9-23)15(13)10-24/h3-5,20-24H,1,7-10H2,2H3. The minimum absolute atomic E-state index is 0.225. The molecule has 0 atom stereocenters. The maximum Gasteiger partial charge on any atom is 0.125 e. The van der Waals surface area contributed by atoms with Crippen molar-refractivity contribution in [1.29, 1.82) is 5.26 Å². The van der Waals surface area contributed by atoms with Crippen molar-refractivity contribution in [3.63, 3.8) is 0 Å². The third kappa shape index (κ3) is 2.98. The summed E-state index contributed by atoms with van der Waals surface area (Å²) in [5.41, 5.74) is 4.91. The van der Waals surface area contributed by atoms with Crippen LogP contribution in [0.2, 0.25) is 0 Å². The summed E-state index contributed by atoms with van der Waals surface area (Å²) in [6.07, 6.45) is 1.60. The fourth-order valence-electron chi connectivity index (χ4n) is 2.98. The Hall–Kier alpha value is -2.43. The van der Waals surface area contributed by atoms with E-state index in [0.29, 0.717) is 40.1 Å². The molecule has 1 aromatic carbocycles. The Morgan fingerprint density at radius 1 is 1.21 bits per heavy atom. The van der Waals surface area contributed by atoms with Crippen LogP contribution < -0.4 is 5.32 Å². The van der Waals surface area contributed by atoms with Crippen molar-refractivity contribution < 1.29 is 15.3 Å². The second kappa shape index (κ2) is 7.90. The monoisotopic (exact) mass is 327 g/mol. The molecule has 2 rings (SSSR count). The molecule has 1 aromatic heterocycles. The number of nitrogens with zero attached hydrogens (tertiary/aromatic N) is 1. The molecule has 0 unspecified atom stereocenters. The second-order valence-corrected chi connectivity index (χ2v) is 5.32. The zero-order valence-corrected chi connectivity index (χ0v) is 13.6. The molecule has 0 saturated heterocycles. The quantitative estimate of drug-likeness (QED) is 0.527. The maximum absolute atomic E-state index is 9.85. The topological polar surface area (TPSA) is 112 Å². The number of H-pyrrole nitrogens is 1. The van der Waals surface area contributed by atoms with Crippen LogP contribution in [0.5, 0.6) is 0 Å². The van der Waals surface area contributed by atoms with E-state index in [-0.39, 0.29) is 19.8 Å². The summed E-state index contributed by atoms with van der Waals surface area (Å²) in [5.74, 6) is 0. The number of aromatic nitrogens is 1. The summed E-state index contributed by atoms with van der Waals surface area (Å²) >= 11 is 0. The summed E-state index contributed by atoms with van der Waals surface area (Å²) in [5, 5.41) is 41.3. The Kier molecular flexibility index (Phi) is 5.90. The van der Waals surface area contributed by atoms with E-state index in [2.05, 4.69) is 22.9 Å². The van der Waals surface area contributed by atoms with Gasteiger partial charge in [-0.25, -0.2) is 0 Å².